The number of rotatable bonds is 7. The minimum absolute atomic E-state index is 0. The number of benzene rings is 6. The van der Waals surface area contributed by atoms with Crippen LogP contribution in [0.15, 0.2) is 121 Å². The van der Waals surface area contributed by atoms with Crippen molar-refractivity contribution < 1.29 is 26.9 Å². The molecule has 0 atom stereocenters. The number of hydrogen-bond donors (Lipinski definition) is 0. The maximum Gasteiger partial charge on any atom is 0.269 e. The topological polar surface area (TPSA) is 13.7 Å². The first-order valence-electron chi connectivity index (χ1n) is 22.1. The predicted molar refractivity (Wildman–Crippen MR) is 257 cm³/mol. The molecule has 8 rings (SSSR count). The van der Waals surface area contributed by atoms with E-state index in [1.807, 2.05) is 12.1 Å². The molecule has 1 radical (unpaired) electrons. The van der Waals surface area contributed by atoms with Gasteiger partial charge in [0.1, 0.15) is 0 Å². The van der Waals surface area contributed by atoms with E-state index in [0.717, 1.165) is 0 Å². The van der Waals surface area contributed by atoms with Crippen LogP contribution in [0.5, 0.6) is 0 Å². The van der Waals surface area contributed by atoms with Crippen molar-refractivity contribution in [2.45, 2.75) is 131 Å². The van der Waals surface area contributed by atoms with Gasteiger partial charge in [0, 0.05) is 33.2 Å². The molecule has 0 aliphatic heterocycles. The maximum atomic E-state index is 3.84. The molecule has 0 bridgehead atoms. The molecule has 2 heterocycles. The SMILES string of the molecule is CC(C)(C)c1ccc2c(c1)c1cc(C(C)(C)C)ccc1n2-c1cc[c-]cc1.CC(C)c1cccc(C(C)C)c1-n1[c-][n+](-c2c(C(C)C)cccc2C(C)C)c2ccccc21.[Au]. The summed E-state index contributed by atoms with van der Waals surface area (Å²) < 4.78 is 7.01. The van der Waals surface area contributed by atoms with Gasteiger partial charge in [0.05, 0.1) is 33.4 Å². The molecule has 0 aliphatic rings. The largest absolute Gasteiger partial charge is 0.333 e. The molecule has 0 aliphatic carbocycles. The molecule has 0 saturated carbocycles. The van der Waals surface area contributed by atoms with Gasteiger partial charge >= 0.3 is 0 Å². The summed E-state index contributed by atoms with van der Waals surface area (Å²) in [4.78, 5) is 0. The first-order chi connectivity index (χ1) is 28.4. The van der Waals surface area contributed by atoms with Gasteiger partial charge in [-0.1, -0.05) is 175 Å². The third kappa shape index (κ3) is 8.99. The van der Waals surface area contributed by atoms with Crippen LogP contribution in [0.4, 0.5) is 0 Å². The molecule has 0 amide bonds. The van der Waals surface area contributed by atoms with Gasteiger partial charge in [0.25, 0.3) is 6.33 Å². The van der Waals surface area contributed by atoms with Gasteiger partial charge in [-0.3, -0.25) is 9.13 Å². The Kier molecular flexibility index (Phi) is 13.5. The number of hydrogen-bond acceptors (Lipinski definition) is 0. The summed E-state index contributed by atoms with van der Waals surface area (Å²) in [7, 11) is 0. The normalized spacial score (nSPS) is 12.2. The van der Waals surface area contributed by atoms with Crippen molar-refractivity contribution in [2.75, 3.05) is 0 Å². The quantitative estimate of drug-likeness (QED) is 0.0858. The van der Waals surface area contributed by atoms with E-state index in [4.69, 9.17) is 0 Å². The van der Waals surface area contributed by atoms with Gasteiger partial charge in [-0.2, -0.15) is 18.2 Å². The molecule has 0 saturated heterocycles. The molecule has 0 N–H and O–H groups in total. The van der Waals surface area contributed by atoms with E-state index in [0.29, 0.717) is 23.7 Å². The Morgan fingerprint density at radius 3 is 1.38 bits per heavy atom. The van der Waals surface area contributed by atoms with Gasteiger partial charge in [-0.25, -0.2) is 0 Å². The average Bonchev–Trinajstić information content (AvgIpc) is 3.75. The van der Waals surface area contributed by atoms with E-state index in [1.54, 1.807) is 0 Å². The fraction of sp³-hybridized carbons (Fsp3) is 0.351. The molecule has 0 spiro atoms. The zero-order valence-electron chi connectivity index (χ0n) is 39.0. The van der Waals surface area contributed by atoms with Crippen molar-refractivity contribution in [3.8, 4) is 17.1 Å². The summed E-state index contributed by atoms with van der Waals surface area (Å²) in [6.07, 6.45) is 3.84. The molecule has 3 nitrogen and oxygen atoms in total. The first kappa shape index (κ1) is 45.8. The summed E-state index contributed by atoms with van der Waals surface area (Å²) in [5, 5.41) is 2.66. The summed E-state index contributed by atoms with van der Waals surface area (Å²) in [5.41, 5.74) is 17.1. The van der Waals surface area contributed by atoms with Crippen LogP contribution in [0, 0.1) is 12.4 Å². The minimum Gasteiger partial charge on any atom is -0.333 e. The number of aromatic nitrogens is 3. The van der Waals surface area contributed by atoms with Crippen molar-refractivity contribution in [2.24, 2.45) is 0 Å². The second-order valence-electron chi connectivity index (χ2n) is 20.0. The molecule has 61 heavy (non-hydrogen) atoms. The van der Waals surface area contributed by atoms with Crippen LogP contribution in [0.2, 0.25) is 0 Å². The van der Waals surface area contributed by atoms with Crippen molar-refractivity contribution >= 4 is 32.8 Å². The predicted octanol–water partition coefficient (Wildman–Crippen LogP) is 15.4. The van der Waals surface area contributed by atoms with E-state index < -0.39 is 0 Å². The number of nitrogens with zero attached hydrogens (tertiary/aromatic N) is 3. The number of imidazole rings is 1. The van der Waals surface area contributed by atoms with E-state index in [9.17, 15) is 0 Å². The van der Waals surface area contributed by atoms with Crippen molar-refractivity contribution in [1.82, 2.24) is 9.13 Å². The Morgan fingerprint density at radius 2 is 0.934 bits per heavy atom. The maximum absolute atomic E-state index is 3.84. The van der Waals surface area contributed by atoms with Gasteiger partial charge in [-0.05, 0) is 92.1 Å². The Morgan fingerprint density at radius 1 is 0.492 bits per heavy atom. The Labute approximate surface area is 382 Å². The zero-order chi connectivity index (χ0) is 43.3. The molecule has 2 aromatic heterocycles. The molecule has 8 aromatic rings. The van der Waals surface area contributed by atoms with E-state index >= 15 is 0 Å². The summed E-state index contributed by atoms with van der Waals surface area (Å²) >= 11 is 0. The zero-order valence-corrected chi connectivity index (χ0v) is 41.2. The standard InChI is InChI=1S/C31H38N2.C26H28N.Au/c1-20(2)24-13-11-14-25(21(3)4)30(24)32-19-33(29-18-10-9-17-28(29)32)31-26(22(5)6)15-12-16-27(31)23(7)8;1-25(2,3)18-12-14-23-21(16-18)22-17-19(26(4,5)6)13-15-24(22)27(23)20-10-8-7-9-11-20;/h9-18,20-23H,1-8H3;8-17H,1-6H3;/q;-1;. The van der Waals surface area contributed by atoms with Crippen LogP contribution in [0.25, 0.3) is 49.9 Å². The molecule has 6 aromatic carbocycles. The second-order valence-corrected chi connectivity index (χ2v) is 20.0. The summed E-state index contributed by atoms with van der Waals surface area (Å²) in [6.45, 7) is 32.0. The molecule has 321 valence electrons. The fourth-order valence-electron chi connectivity index (χ4n) is 8.69. The Hall–Kier alpha value is -4.67. The van der Waals surface area contributed by atoms with Gasteiger partial charge in [0.15, 0.2) is 0 Å². The van der Waals surface area contributed by atoms with Gasteiger partial charge < -0.3 is 4.57 Å². The van der Waals surface area contributed by atoms with Crippen LogP contribution in [-0.4, -0.2) is 9.13 Å². The number of para-hydroxylation sites is 4. The summed E-state index contributed by atoms with van der Waals surface area (Å²) in [5.74, 6) is 1.71. The smallest absolute Gasteiger partial charge is 0.269 e. The molecular formula is C57H66AuN3-. The average molecular weight is 990 g/mol. The molecule has 4 heteroatoms. The summed E-state index contributed by atoms with van der Waals surface area (Å²) in [6, 6.07) is 47.5. The van der Waals surface area contributed by atoms with Crippen molar-refractivity contribution in [3.63, 3.8) is 0 Å². The minimum atomic E-state index is 0. The van der Waals surface area contributed by atoms with E-state index in [-0.39, 0.29) is 33.2 Å². The van der Waals surface area contributed by atoms with Crippen LogP contribution < -0.4 is 4.57 Å². The molecule has 0 fully saturated rings. The first-order valence-corrected chi connectivity index (χ1v) is 22.1. The molecular weight excluding hydrogens is 924 g/mol. The van der Waals surface area contributed by atoms with Crippen LogP contribution >= 0.6 is 0 Å². The van der Waals surface area contributed by atoms with E-state index in [1.165, 1.54) is 83.3 Å². The van der Waals surface area contributed by atoms with Crippen LogP contribution in [0.1, 0.15) is 154 Å². The van der Waals surface area contributed by atoms with Gasteiger partial charge in [-0.15, -0.1) is 12.1 Å². The third-order valence-corrected chi connectivity index (χ3v) is 12.2. The number of fused-ring (bicyclic) bond motifs is 4. The fourth-order valence-corrected chi connectivity index (χ4v) is 8.69. The van der Waals surface area contributed by atoms with Gasteiger partial charge in [0.2, 0.25) is 0 Å². The van der Waals surface area contributed by atoms with Crippen LogP contribution in [-0.2, 0) is 33.2 Å². The Bertz CT molecular complexity index is 2560. The van der Waals surface area contributed by atoms with Crippen molar-refractivity contribution in [1.29, 1.82) is 0 Å². The van der Waals surface area contributed by atoms with Crippen molar-refractivity contribution in [3.05, 3.63) is 167 Å². The second kappa shape index (κ2) is 18.0. The third-order valence-electron chi connectivity index (χ3n) is 12.2. The monoisotopic (exact) mass is 989 g/mol. The van der Waals surface area contributed by atoms with Crippen LogP contribution in [0.3, 0.4) is 0 Å². The van der Waals surface area contributed by atoms with E-state index in [2.05, 4.69) is 232 Å². The Balaban J connectivity index is 0.000000204. The molecule has 0 unspecified atom stereocenters.